The molecule has 140 valence electrons. The maximum absolute atomic E-state index is 10.7. The molecule has 0 spiro atoms. The maximum Gasteiger partial charge on any atom is 0.143 e. The Hall–Kier alpha value is -2.42. The summed E-state index contributed by atoms with van der Waals surface area (Å²) in [6.07, 6.45) is -0.576. The van der Waals surface area contributed by atoms with E-state index >= 15 is 0 Å². The van der Waals surface area contributed by atoms with Gasteiger partial charge in [0.15, 0.2) is 0 Å². The van der Waals surface area contributed by atoms with Crippen LogP contribution < -0.4 is 0 Å². The first-order valence-electron chi connectivity index (χ1n) is 9.43. The zero-order valence-corrected chi connectivity index (χ0v) is 16.3. The monoisotopic (exact) mass is 360 g/mol. The summed E-state index contributed by atoms with van der Waals surface area (Å²) in [7, 11) is 0. The highest BCUT2D eigenvalue weighted by Crippen LogP contribution is 2.41. The van der Waals surface area contributed by atoms with E-state index in [4.69, 9.17) is 4.74 Å². The third-order valence-corrected chi connectivity index (χ3v) is 5.00. The van der Waals surface area contributed by atoms with Crippen LogP contribution in [-0.2, 0) is 10.3 Å². The predicted molar refractivity (Wildman–Crippen MR) is 111 cm³/mol. The molecule has 0 radical (unpaired) electrons. The molecule has 2 nitrogen and oxygen atoms in total. The van der Waals surface area contributed by atoms with Crippen LogP contribution in [0.5, 0.6) is 0 Å². The van der Waals surface area contributed by atoms with Crippen molar-refractivity contribution in [1.82, 2.24) is 0 Å². The third-order valence-electron chi connectivity index (χ3n) is 5.00. The lowest BCUT2D eigenvalue weighted by molar-refractivity contribution is -0.0707. The molecule has 0 aliphatic rings. The van der Waals surface area contributed by atoms with Gasteiger partial charge in [-0.05, 0) is 22.1 Å². The SMILES string of the molecule is CC(C)(C)[C@@H](O)COC(c1ccccc1)(c1ccccc1)c1ccccc1. The summed E-state index contributed by atoms with van der Waals surface area (Å²) in [5, 5.41) is 10.7. The largest absolute Gasteiger partial charge is 0.390 e. The standard InChI is InChI=1S/C25H28O2/c1-24(2,3)23(26)19-27-25(20-13-7-4-8-14-20,21-15-9-5-10-16-21)22-17-11-6-12-18-22/h4-18,23,26H,19H2,1-3H3/t23-/m0/s1. The van der Waals surface area contributed by atoms with Crippen LogP contribution in [0.1, 0.15) is 37.5 Å². The molecule has 0 amide bonds. The highest BCUT2D eigenvalue weighted by atomic mass is 16.5. The molecular formula is C25H28O2. The summed E-state index contributed by atoms with van der Waals surface area (Å²) >= 11 is 0. The van der Waals surface area contributed by atoms with Gasteiger partial charge in [-0.2, -0.15) is 0 Å². The zero-order valence-electron chi connectivity index (χ0n) is 16.3. The maximum atomic E-state index is 10.7. The lowest BCUT2D eigenvalue weighted by atomic mass is 9.80. The Morgan fingerprint density at radius 1 is 0.667 bits per heavy atom. The van der Waals surface area contributed by atoms with E-state index in [2.05, 4.69) is 36.4 Å². The van der Waals surface area contributed by atoms with Crippen LogP contribution in [0.4, 0.5) is 0 Å². The van der Waals surface area contributed by atoms with Crippen molar-refractivity contribution in [2.45, 2.75) is 32.5 Å². The molecule has 0 bridgehead atoms. The lowest BCUT2D eigenvalue weighted by Gasteiger charge is -2.38. The molecule has 0 saturated heterocycles. The Labute approximate surface area is 162 Å². The molecule has 3 aromatic rings. The number of hydrogen-bond donors (Lipinski definition) is 1. The van der Waals surface area contributed by atoms with Crippen molar-refractivity contribution in [1.29, 1.82) is 0 Å². The van der Waals surface area contributed by atoms with Gasteiger partial charge in [-0.3, -0.25) is 0 Å². The summed E-state index contributed by atoms with van der Waals surface area (Å²) in [5.41, 5.74) is 2.10. The van der Waals surface area contributed by atoms with Crippen LogP contribution in [0.15, 0.2) is 91.0 Å². The molecule has 0 aromatic heterocycles. The molecule has 0 unspecified atom stereocenters. The molecule has 3 aromatic carbocycles. The molecule has 0 aliphatic carbocycles. The van der Waals surface area contributed by atoms with Gasteiger partial charge < -0.3 is 9.84 Å². The summed E-state index contributed by atoms with van der Waals surface area (Å²) in [6.45, 7) is 6.31. The quantitative estimate of drug-likeness (QED) is 0.596. The van der Waals surface area contributed by atoms with Crippen LogP contribution in [0, 0.1) is 5.41 Å². The Balaban J connectivity index is 2.17. The van der Waals surface area contributed by atoms with Gasteiger partial charge in [0, 0.05) is 0 Å². The van der Waals surface area contributed by atoms with E-state index in [1.165, 1.54) is 0 Å². The van der Waals surface area contributed by atoms with E-state index < -0.39 is 11.7 Å². The van der Waals surface area contributed by atoms with Gasteiger partial charge in [0.05, 0.1) is 12.7 Å². The Kier molecular flexibility index (Phi) is 5.79. The van der Waals surface area contributed by atoms with Crippen LogP contribution in [0.3, 0.4) is 0 Å². The van der Waals surface area contributed by atoms with Gasteiger partial charge >= 0.3 is 0 Å². The second-order valence-corrected chi connectivity index (χ2v) is 7.97. The fourth-order valence-corrected chi connectivity index (χ4v) is 3.22. The minimum Gasteiger partial charge on any atom is -0.390 e. The molecule has 0 fully saturated rings. The summed E-state index contributed by atoms with van der Waals surface area (Å²) in [6, 6.07) is 30.7. The second kappa shape index (κ2) is 8.08. The van der Waals surface area contributed by atoms with Crippen LogP contribution in [0.2, 0.25) is 0 Å². The highest BCUT2D eigenvalue weighted by Gasteiger charge is 2.39. The van der Waals surface area contributed by atoms with Crippen molar-refractivity contribution >= 4 is 0 Å². The number of hydrogen-bond acceptors (Lipinski definition) is 2. The Bertz CT molecular complexity index is 724. The average Bonchev–Trinajstić information content (AvgIpc) is 2.70. The minimum atomic E-state index is -0.782. The summed E-state index contributed by atoms with van der Waals surface area (Å²) < 4.78 is 6.63. The molecule has 2 heteroatoms. The molecule has 0 aliphatic heterocycles. The number of rotatable bonds is 6. The number of aliphatic hydroxyl groups is 1. The molecule has 27 heavy (non-hydrogen) atoms. The van der Waals surface area contributed by atoms with Gasteiger partial charge in [-0.1, -0.05) is 112 Å². The first-order chi connectivity index (χ1) is 12.9. The zero-order chi connectivity index (χ0) is 19.3. The van der Waals surface area contributed by atoms with Gasteiger partial charge in [0.2, 0.25) is 0 Å². The molecule has 1 N–H and O–H groups in total. The van der Waals surface area contributed by atoms with E-state index in [-0.39, 0.29) is 12.0 Å². The van der Waals surface area contributed by atoms with E-state index in [1.54, 1.807) is 0 Å². The van der Waals surface area contributed by atoms with E-state index in [0.29, 0.717) is 0 Å². The van der Waals surface area contributed by atoms with Crippen LogP contribution in [0.25, 0.3) is 0 Å². The lowest BCUT2D eigenvalue weighted by Crippen LogP contribution is -2.39. The number of aliphatic hydroxyl groups excluding tert-OH is 1. The molecule has 1 atom stereocenters. The van der Waals surface area contributed by atoms with Crippen molar-refractivity contribution in [3.63, 3.8) is 0 Å². The molecule has 0 saturated carbocycles. The molecule has 3 rings (SSSR count). The predicted octanol–water partition coefficient (Wildman–Crippen LogP) is 5.40. The fourth-order valence-electron chi connectivity index (χ4n) is 3.22. The van der Waals surface area contributed by atoms with Crippen molar-refractivity contribution in [2.24, 2.45) is 5.41 Å². The Morgan fingerprint density at radius 3 is 1.30 bits per heavy atom. The smallest absolute Gasteiger partial charge is 0.143 e. The van der Waals surface area contributed by atoms with Gasteiger partial charge in [-0.25, -0.2) is 0 Å². The van der Waals surface area contributed by atoms with Gasteiger partial charge in [-0.15, -0.1) is 0 Å². The Morgan fingerprint density at radius 2 is 1.00 bits per heavy atom. The van der Waals surface area contributed by atoms with Gasteiger partial charge in [0.1, 0.15) is 5.60 Å². The van der Waals surface area contributed by atoms with E-state index in [1.807, 2.05) is 75.4 Å². The van der Waals surface area contributed by atoms with Crippen LogP contribution >= 0.6 is 0 Å². The van der Waals surface area contributed by atoms with Crippen molar-refractivity contribution < 1.29 is 9.84 Å². The summed E-state index contributed by atoms with van der Waals surface area (Å²) in [4.78, 5) is 0. The highest BCUT2D eigenvalue weighted by molar-refractivity contribution is 5.47. The topological polar surface area (TPSA) is 29.5 Å². The summed E-state index contributed by atoms with van der Waals surface area (Å²) in [5.74, 6) is 0. The van der Waals surface area contributed by atoms with Crippen molar-refractivity contribution in [3.8, 4) is 0 Å². The number of ether oxygens (including phenoxy) is 1. The van der Waals surface area contributed by atoms with Crippen molar-refractivity contribution in [3.05, 3.63) is 108 Å². The van der Waals surface area contributed by atoms with Gasteiger partial charge in [0.25, 0.3) is 0 Å². The van der Waals surface area contributed by atoms with E-state index in [9.17, 15) is 5.11 Å². The minimum absolute atomic E-state index is 0.238. The third kappa shape index (κ3) is 4.13. The first-order valence-corrected chi connectivity index (χ1v) is 9.43. The fraction of sp³-hybridized carbons (Fsp3) is 0.280. The molecular weight excluding hydrogens is 332 g/mol. The first kappa shape index (κ1) is 19.3. The normalized spacial score (nSPS) is 13.3. The van der Waals surface area contributed by atoms with E-state index in [0.717, 1.165) is 16.7 Å². The second-order valence-electron chi connectivity index (χ2n) is 7.97. The van der Waals surface area contributed by atoms with Crippen molar-refractivity contribution in [2.75, 3.05) is 6.61 Å². The van der Waals surface area contributed by atoms with Crippen LogP contribution in [-0.4, -0.2) is 17.8 Å². The average molecular weight is 360 g/mol. The molecule has 0 heterocycles. The number of benzene rings is 3.